The number of carboxylic acids is 1. The van der Waals surface area contributed by atoms with E-state index in [0.29, 0.717) is 32.6 Å². The first-order valence-electron chi connectivity index (χ1n) is 6.74. The normalized spacial score (nSPS) is 17.5. The second kappa shape index (κ2) is 6.13. The monoisotopic (exact) mass is 279 g/mol. The molecular formula is C15H21NO4. The number of carbonyl (C=O) groups is 1. The molecule has 1 heterocycles. The Bertz CT molecular complexity index is 451. The molecule has 5 heteroatoms. The van der Waals surface area contributed by atoms with Crippen molar-refractivity contribution >= 4 is 11.7 Å². The molecule has 1 saturated heterocycles. The number of benzene rings is 1. The first-order valence-corrected chi connectivity index (χ1v) is 6.74. The molecule has 1 fully saturated rings. The predicted octanol–water partition coefficient (Wildman–Crippen LogP) is 2.01. The smallest absolute Gasteiger partial charge is 0.311 e. The van der Waals surface area contributed by atoms with Gasteiger partial charge in [0.2, 0.25) is 0 Å². The van der Waals surface area contributed by atoms with Gasteiger partial charge >= 0.3 is 5.97 Å². The van der Waals surface area contributed by atoms with E-state index in [-0.39, 0.29) is 0 Å². The number of rotatable bonds is 5. The molecule has 0 saturated carbocycles. The van der Waals surface area contributed by atoms with Gasteiger partial charge in [-0.1, -0.05) is 0 Å². The molecule has 0 aromatic heterocycles. The molecule has 1 aromatic rings. The number of methoxy groups -OCH3 is 1. The van der Waals surface area contributed by atoms with Gasteiger partial charge in [-0.2, -0.15) is 0 Å². The van der Waals surface area contributed by atoms with E-state index in [0.717, 1.165) is 11.4 Å². The van der Waals surface area contributed by atoms with Crippen molar-refractivity contribution in [2.24, 2.45) is 5.41 Å². The Hall–Kier alpha value is -1.75. The van der Waals surface area contributed by atoms with Crippen LogP contribution in [0.2, 0.25) is 0 Å². The van der Waals surface area contributed by atoms with Crippen molar-refractivity contribution in [2.45, 2.75) is 12.8 Å². The van der Waals surface area contributed by atoms with Gasteiger partial charge < -0.3 is 19.5 Å². The highest BCUT2D eigenvalue weighted by molar-refractivity contribution is 5.76. The van der Waals surface area contributed by atoms with Gasteiger partial charge in [0.1, 0.15) is 5.75 Å². The van der Waals surface area contributed by atoms with E-state index < -0.39 is 11.4 Å². The molecule has 1 aliphatic rings. The fraction of sp³-hybridized carbons (Fsp3) is 0.533. The molecule has 0 radical (unpaired) electrons. The molecule has 1 aliphatic heterocycles. The lowest BCUT2D eigenvalue weighted by molar-refractivity contribution is -0.154. The number of aliphatic carboxylic acids is 1. The molecule has 5 nitrogen and oxygen atoms in total. The van der Waals surface area contributed by atoms with Crippen LogP contribution in [-0.2, 0) is 9.53 Å². The second-order valence-electron chi connectivity index (χ2n) is 5.25. The molecule has 0 amide bonds. The molecule has 0 spiro atoms. The Morgan fingerprint density at radius 1 is 1.35 bits per heavy atom. The molecule has 0 aliphatic carbocycles. The molecule has 0 atom stereocenters. The number of ether oxygens (including phenoxy) is 2. The van der Waals surface area contributed by atoms with E-state index >= 15 is 0 Å². The van der Waals surface area contributed by atoms with E-state index in [1.54, 1.807) is 7.11 Å². The molecule has 2 rings (SSSR count). The van der Waals surface area contributed by atoms with Gasteiger partial charge in [0, 0.05) is 32.5 Å². The summed E-state index contributed by atoms with van der Waals surface area (Å²) >= 11 is 0. The fourth-order valence-electron chi connectivity index (χ4n) is 2.58. The highest BCUT2D eigenvalue weighted by atomic mass is 16.5. The van der Waals surface area contributed by atoms with Crippen LogP contribution in [-0.4, -0.2) is 45.0 Å². The first kappa shape index (κ1) is 14.7. The van der Waals surface area contributed by atoms with Crippen LogP contribution in [0.25, 0.3) is 0 Å². The maximum absolute atomic E-state index is 11.6. The third-order valence-electron chi connectivity index (χ3n) is 3.96. The maximum atomic E-state index is 11.6. The third-order valence-corrected chi connectivity index (χ3v) is 3.96. The van der Waals surface area contributed by atoms with Crippen molar-refractivity contribution in [3.8, 4) is 5.75 Å². The van der Waals surface area contributed by atoms with Crippen LogP contribution in [0.3, 0.4) is 0 Å². The van der Waals surface area contributed by atoms with Gasteiger partial charge in [-0.25, -0.2) is 0 Å². The zero-order valence-electron chi connectivity index (χ0n) is 12.0. The van der Waals surface area contributed by atoms with Crippen molar-refractivity contribution in [3.05, 3.63) is 24.3 Å². The lowest BCUT2D eigenvalue weighted by Gasteiger charge is -2.37. The fourth-order valence-corrected chi connectivity index (χ4v) is 2.58. The summed E-state index contributed by atoms with van der Waals surface area (Å²) in [5.41, 5.74) is 0.269. The Balaban J connectivity index is 2.11. The summed E-state index contributed by atoms with van der Waals surface area (Å²) in [5.74, 6) is 0.0577. The summed E-state index contributed by atoms with van der Waals surface area (Å²) in [4.78, 5) is 13.6. The average molecular weight is 279 g/mol. The maximum Gasteiger partial charge on any atom is 0.311 e. The van der Waals surface area contributed by atoms with Gasteiger partial charge in [0.15, 0.2) is 0 Å². The van der Waals surface area contributed by atoms with Gasteiger partial charge in [-0.15, -0.1) is 0 Å². The zero-order chi connectivity index (χ0) is 14.6. The number of carboxylic acid groups (broad SMARTS) is 1. The predicted molar refractivity (Wildman–Crippen MR) is 76.4 cm³/mol. The zero-order valence-corrected chi connectivity index (χ0v) is 12.0. The standard InChI is InChI=1S/C15H21NO4/c1-16(12-3-5-13(19-2)6-4-12)11-15(14(17)18)7-9-20-10-8-15/h3-6H,7-11H2,1-2H3,(H,17,18). The summed E-state index contributed by atoms with van der Waals surface area (Å²) < 4.78 is 10.4. The van der Waals surface area contributed by atoms with E-state index in [1.807, 2.05) is 36.2 Å². The number of nitrogens with zero attached hydrogens (tertiary/aromatic N) is 1. The van der Waals surface area contributed by atoms with Crippen LogP contribution >= 0.6 is 0 Å². The van der Waals surface area contributed by atoms with E-state index in [4.69, 9.17) is 9.47 Å². The molecule has 0 unspecified atom stereocenters. The number of hydrogen-bond donors (Lipinski definition) is 1. The molecule has 110 valence electrons. The van der Waals surface area contributed by atoms with E-state index in [9.17, 15) is 9.90 Å². The lowest BCUT2D eigenvalue weighted by Crippen LogP contribution is -2.45. The van der Waals surface area contributed by atoms with Crippen LogP contribution in [0.15, 0.2) is 24.3 Å². The summed E-state index contributed by atoms with van der Waals surface area (Å²) in [6.45, 7) is 1.52. The molecule has 0 bridgehead atoms. The van der Waals surface area contributed by atoms with Crippen LogP contribution in [0.5, 0.6) is 5.75 Å². The topological polar surface area (TPSA) is 59.0 Å². The highest BCUT2D eigenvalue weighted by Crippen LogP contribution is 2.33. The van der Waals surface area contributed by atoms with Crippen molar-refractivity contribution < 1.29 is 19.4 Å². The quantitative estimate of drug-likeness (QED) is 0.893. The number of anilines is 1. The summed E-state index contributed by atoms with van der Waals surface area (Å²) in [5, 5.41) is 9.56. The van der Waals surface area contributed by atoms with Crippen molar-refractivity contribution in [2.75, 3.05) is 38.8 Å². The van der Waals surface area contributed by atoms with Gasteiger partial charge in [-0.3, -0.25) is 4.79 Å². The van der Waals surface area contributed by atoms with Crippen LogP contribution in [0.1, 0.15) is 12.8 Å². The molecule has 1 N–H and O–H groups in total. The minimum Gasteiger partial charge on any atom is -0.497 e. The van der Waals surface area contributed by atoms with Crippen molar-refractivity contribution in [3.63, 3.8) is 0 Å². The molecule has 20 heavy (non-hydrogen) atoms. The average Bonchev–Trinajstić information content (AvgIpc) is 2.48. The Labute approximate surface area is 119 Å². The Morgan fingerprint density at radius 3 is 2.45 bits per heavy atom. The minimum atomic E-state index is -0.735. The molecular weight excluding hydrogens is 258 g/mol. The van der Waals surface area contributed by atoms with E-state index in [1.165, 1.54) is 0 Å². The molecule has 1 aromatic carbocycles. The minimum absolute atomic E-state index is 0.484. The van der Waals surface area contributed by atoms with Crippen molar-refractivity contribution in [1.82, 2.24) is 0 Å². The Kier molecular flexibility index (Phi) is 4.49. The SMILES string of the molecule is COc1ccc(N(C)CC2(C(=O)O)CCOCC2)cc1. The largest absolute Gasteiger partial charge is 0.497 e. The van der Waals surface area contributed by atoms with Gasteiger partial charge in [-0.05, 0) is 37.1 Å². The summed E-state index contributed by atoms with van der Waals surface area (Å²) in [6.07, 6.45) is 1.12. The van der Waals surface area contributed by atoms with Crippen LogP contribution in [0.4, 0.5) is 5.69 Å². The Morgan fingerprint density at radius 2 is 1.95 bits per heavy atom. The van der Waals surface area contributed by atoms with Gasteiger partial charge in [0.25, 0.3) is 0 Å². The van der Waals surface area contributed by atoms with Gasteiger partial charge in [0.05, 0.1) is 12.5 Å². The summed E-state index contributed by atoms with van der Waals surface area (Å²) in [6, 6.07) is 7.63. The van der Waals surface area contributed by atoms with Crippen molar-refractivity contribution in [1.29, 1.82) is 0 Å². The highest BCUT2D eigenvalue weighted by Gasteiger charge is 2.41. The third kappa shape index (κ3) is 3.04. The number of hydrogen-bond acceptors (Lipinski definition) is 4. The second-order valence-corrected chi connectivity index (χ2v) is 5.25. The lowest BCUT2D eigenvalue weighted by atomic mass is 9.79. The first-order chi connectivity index (χ1) is 9.57. The van der Waals surface area contributed by atoms with E-state index in [2.05, 4.69) is 0 Å². The summed E-state index contributed by atoms with van der Waals surface area (Å²) in [7, 11) is 3.54. The van der Waals surface area contributed by atoms with Crippen LogP contribution in [0, 0.1) is 5.41 Å². The van der Waals surface area contributed by atoms with Crippen LogP contribution < -0.4 is 9.64 Å².